The molecule has 0 amide bonds. The largest absolute Gasteiger partial charge is 0.292 e. The number of Topliss-reactive ketones (excluding diaryl/α,β-unsaturated/α-hetero) is 1. The number of hydrazone groups is 1. The molecule has 12 heavy (non-hydrogen) atoms. The van der Waals surface area contributed by atoms with Crippen LogP contribution in [0.25, 0.3) is 0 Å². The van der Waals surface area contributed by atoms with Crippen LogP contribution in [0, 0.1) is 0 Å². The second-order valence-electron chi connectivity index (χ2n) is 1.90. The van der Waals surface area contributed by atoms with Gasteiger partial charge in [0, 0.05) is 6.92 Å². The molecule has 0 atom stereocenters. The molecule has 0 unspecified atom stereocenters. The van der Waals surface area contributed by atoms with E-state index in [2.05, 4.69) is 25.7 Å². The first-order valence-corrected chi connectivity index (χ1v) is 3.43. The zero-order chi connectivity index (χ0) is 8.97. The Labute approximate surface area is 73.0 Å². The number of nitrogens with zero attached hydrogens (tertiary/aromatic N) is 3. The number of anilines is 1. The maximum Gasteiger partial charge on any atom is 0.239 e. The van der Waals surface area contributed by atoms with Gasteiger partial charge in [0.05, 0.1) is 0 Å². The van der Waals surface area contributed by atoms with Crippen molar-refractivity contribution < 1.29 is 4.79 Å². The molecule has 0 saturated heterocycles. The van der Waals surface area contributed by atoms with Gasteiger partial charge in [-0.1, -0.05) is 11.6 Å². The molecule has 0 aliphatic carbocycles. The number of hydrogen-bond donors (Lipinski definition) is 2. The topological polar surface area (TPSA) is 83.0 Å². The standard InChI is InChI=1S/C5H6ClN5O/c1-3(12)4(6)9-11-5-7-2-8-10-5/h2H,1H3,(H2,7,8,10,11)/b9-4-. The molecule has 0 saturated carbocycles. The molecule has 0 aromatic carbocycles. The lowest BCUT2D eigenvalue weighted by molar-refractivity contribution is -0.110. The number of carbonyl (C=O) groups is 1. The summed E-state index contributed by atoms with van der Waals surface area (Å²) in [5.41, 5.74) is 2.41. The van der Waals surface area contributed by atoms with E-state index in [1.807, 2.05) is 0 Å². The quantitative estimate of drug-likeness (QED) is 0.529. The number of aromatic nitrogens is 3. The van der Waals surface area contributed by atoms with E-state index in [4.69, 9.17) is 11.6 Å². The summed E-state index contributed by atoms with van der Waals surface area (Å²) in [7, 11) is 0. The van der Waals surface area contributed by atoms with Crippen LogP contribution in [-0.4, -0.2) is 26.1 Å². The highest BCUT2D eigenvalue weighted by Gasteiger charge is 2.00. The van der Waals surface area contributed by atoms with E-state index in [-0.39, 0.29) is 11.0 Å². The van der Waals surface area contributed by atoms with Crippen molar-refractivity contribution >= 4 is 28.5 Å². The van der Waals surface area contributed by atoms with E-state index in [1.165, 1.54) is 13.3 Å². The van der Waals surface area contributed by atoms with Gasteiger partial charge in [0.1, 0.15) is 6.33 Å². The van der Waals surface area contributed by atoms with Crippen molar-refractivity contribution in [2.45, 2.75) is 6.92 Å². The summed E-state index contributed by atoms with van der Waals surface area (Å²) < 4.78 is 0. The van der Waals surface area contributed by atoms with Gasteiger partial charge in [0.2, 0.25) is 5.95 Å². The Morgan fingerprint density at radius 3 is 3.08 bits per heavy atom. The Balaban J connectivity index is 2.55. The first-order chi connectivity index (χ1) is 5.70. The fourth-order valence-electron chi connectivity index (χ4n) is 0.440. The lowest BCUT2D eigenvalue weighted by Gasteiger charge is -1.92. The Hall–Kier alpha value is -1.43. The first kappa shape index (κ1) is 8.66. The number of halogens is 1. The predicted molar refractivity (Wildman–Crippen MR) is 44.0 cm³/mol. The second kappa shape index (κ2) is 3.82. The molecule has 0 fully saturated rings. The minimum absolute atomic E-state index is 0.133. The number of H-pyrrole nitrogens is 1. The van der Waals surface area contributed by atoms with Crippen LogP contribution in [0.4, 0.5) is 5.95 Å². The highest BCUT2D eigenvalue weighted by Crippen LogP contribution is 1.94. The molecular weight excluding hydrogens is 182 g/mol. The van der Waals surface area contributed by atoms with Crippen LogP contribution in [0.5, 0.6) is 0 Å². The molecule has 1 aromatic rings. The van der Waals surface area contributed by atoms with E-state index in [1.54, 1.807) is 0 Å². The van der Waals surface area contributed by atoms with Crippen LogP contribution < -0.4 is 5.43 Å². The summed E-state index contributed by atoms with van der Waals surface area (Å²) in [6, 6.07) is 0. The molecule has 0 bridgehead atoms. The van der Waals surface area contributed by atoms with Gasteiger partial charge in [-0.25, -0.2) is 10.5 Å². The average Bonchev–Trinajstić information content (AvgIpc) is 2.51. The minimum atomic E-state index is -0.316. The monoisotopic (exact) mass is 187 g/mol. The number of carbonyl (C=O) groups excluding carboxylic acids is 1. The minimum Gasteiger partial charge on any atom is -0.292 e. The third-order valence-corrected chi connectivity index (χ3v) is 1.32. The molecule has 1 rings (SSSR count). The molecular formula is C5H6ClN5O. The Morgan fingerprint density at radius 2 is 2.58 bits per heavy atom. The summed E-state index contributed by atoms with van der Waals surface area (Å²) >= 11 is 5.41. The van der Waals surface area contributed by atoms with E-state index >= 15 is 0 Å². The maximum absolute atomic E-state index is 10.6. The summed E-state index contributed by atoms with van der Waals surface area (Å²) in [4.78, 5) is 14.2. The van der Waals surface area contributed by atoms with E-state index in [9.17, 15) is 4.79 Å². The van der Waals surface area contributed by atoms with Gasteiger partial charge in [0.25, 0.3) is 0 Å². The van der Waals surface area contributed by atoms with Gasteiger partial charge in [-0.05, 0) is 0 Å². The molecule has 0 aliphatic heterocycles. The van der Waals surface area contributed by atoms with Crippen molar-refractivity contribution in [1.29, 1.82) is 0 Å². The lowest BCUT2D eigenvalue weighted by atomic mass is 10.5. The average molecular weight is 188 g/mol. The van der Waals surface area contributed by atoms with Crippen LogP contribution in [0.3, 0.4) is 0 Å². The number of hydrogen-bond acceptors (Lipinski definition) is 5. The van der Waals surface area contributed by atoms with Crippen LogP contribution in [0.2, 0.25) is 0 Å². The molecule has 2 N–H and O–H groups in total. The fourth-order valence-corrected chi connectivity index (χ4v) is 0.482. The number of ketones is 1. The van der Waals surface area contributed by atoms with Gasteiger partial charge >= 0.3 is 0 Å². The fraction of sp³-hybridized carbons (Fsp3) is 0.200. The Kier molecular flexibility index (Phi) is 2.76. The summed E-state index contributed by atoms with van der Waals surface area (Å²) in [5.74, 6) is 0.0121. The van der Waals surface area contributed by atoms with Gasteiger partial charge in [-0.2, -0.15) is 15.2 Å². The van der Waals surface area contributed by atoms with Crippen molar-refractivity contribution in [3.8, 4) is 0 Å². The molecule has 6 nitrogen and oxygen atoms in total. The molecule has 7 heteroatoms. The summed E-state index contributed by atoms with van der Waals surface area (Å²) in [6.45, 7) is 1.31. The maximum atomic E-state index is 10.6. The highest BCUT2D eigenvalue weighted by atomic mass is 35.5. The molecule has 1 heterocycles. The molecule has 1 aromatic heterocycles. The smallest absolute Gasteiger partial charge is 0.239 e. The van der Waals surface area contributed by atoms with Crippen LogP contribution in [0.1, 0.15) is 6.92 Å². The van der Waals surface area contributed by atoms with Gasteiger partial charge < -0.3 is 0 Å². The van der Waals surface area contributed by atoms with Crippen LogP contribution in [0.15, 0.2) is 11.4 Å². The van der Waals surface area contributed by atoms with Gasteiger partial charge in [0.15, 0.2) is 11.0 Å². The Morgan fingerprint density at radius 1 is 1.83 bits per heavy atom. The normalized spacial score (nSPS) is 11.3. The van der Waals surface area contributed by atoms with Gasteiger partial charge in [-0.3, -0.25) is 4.79 Å². The van der Waals surface area contributed by atoms with Crippen molar-refractivity contribution in [2.75, 3.05) is 5.43 Å². The molecule has 0 aliphatic rings. The summed E-state index contributed by atoms with van der Waals surface area (Å²) in [6.07, 6.45) is 1.31. The molecule has 0 radical (unpaired) electrons. The number of rotatable bonds is 3. The third kappa shape index (κ3) is 2.31. The predicted octanol–water partition coefficient (Wildman–Crippen LogP) is 0.358. The van der Waals surface area contributed by atoms with Crippen molar-refractivity contribution in [2.24, 2.45) is 5.10 Å². The SMILES string of the molecule is CC(=O)/C(Cl)=N/Nc1ncn[nH]1. The van der Waals surface area contributed by atoms with Gasteiger partial charge in [-0.15, -0.1) is 0 Å². The lowest BCUT2D eigenvalue weighted by Crippen LogP contribution is -2.04. The summed E-state index contributed by atoms with van der Waals surface area (Å²) in [5, 5.41) is 9.41. The Bertz CT molecular complexity index is 293. The zero-order valence-electron chi connectivity index (χ0n) is 6.21. The zero-order valence-corrected chi connectivity index (χ0v) is 6.96. The number of aromatic amines is 1. The van der Waals surface area contributed by atoms with Crippen LogP contribution >= 0.6 is 11.6 Å². The van der Waals surface area contributed by atoms with Crippen LogP contribution in [-0.2, 0) is 4.79 Å². The highest BCUT2D eigenvalue weighted by molar-refractivity contribution is 6.82. The molecule has 0 spiro atoms. The molecule has 64 valence electrons. The van der Waals surface area contributed by atoms with Crippen molar-refractivity contribution in [1.82, 2.24) is 15.2 Å². The van der Waals surface area contributed by atoms with Crippen molar-refractivity contribution in [3.63, 3.8) is 0 Å². The van der Waals surface area contributed by atoms with E-state index < -0.39 is 0 Å². The third-order valence-electron chi connectivity index (χ3n) is 0.965. The first-order valence-electron chi connectivity index (χ1n) is 3.05. The van der Waals surface area contributed by atoms with E-state index in [0.717, 1.165) is 0 Å². The van der Waals surface area contributed by atoms with Crippen molar-refractivity contribution in [3.05, 3.63) is 6.33 Å². The van der Waals surface area contributed by atoms with E-state index in [0.29, 0.717) is 5.95 Å². The second-order valence-corrected chi connectivity index (χ2v) is 2.26. The number of nitrogens with one attached hydrogen (secondary N) is 2.